The van der Waals surface area contributed by atoms with Crippen LogP contribution in [0, 0.1) is 5.92 Å². The number of carbonyl (C=O) groups excluding carboxylic acids is 1. The normalized spacial score (nSPS) is 12.2. The van der Waals surface area contributed by atoms with Crippen LogP contribution in [0.25, 0.3) is 0 Å². The molecule has 0 bridgehead atoms. The van der Waals surface area contributed by atoms with Crippen LogP contribution < -0.4 is 0 Å². The fourth-order valence-corrected chi connectivity index (χ4v) is 3.36. The smallest absolute Gasteiger partial charge is 0.307 e. The third-order valence-electron chi connectivity index (χ3n) is 5.19. The highest BCUT2D eigenvalue weighted by atomic mass is 16.5. The van der Waals surface area contributed by atoms with Crippen molar-refractivity contribution in [2.75, 3.05) is 6.61 Å². The summed E-state index contributed by atoms with van der Waals surface area (Å²) in [6.07, 6.45) is 23.9. The summed E-state index contributed by atoms with van der Waals surface area (Å²) in [5, 5.41) is 9.23. The van der Waals surface area contributed by atoms with Crippen molar-refractivity contribution in [1.29, 1.82) is 0 Å². The standard InChI is InChI=1S/C25H44O4/c1-3-5-6-7-8-9-10-11-12-13-14-15-16-17-18-19-20-23(25(27)28)22-24(26)29-21-4-2/h4,15-16,23H,2-3,5-14,17-22H2,1H3,(H,27,28)/b16-15+. The molecule has 1 N–H and O–H groups in total. The summed E-state index contributed by atoms with van der Waals surface area (Å²) in [7, 11) is 0. The van der Waals surface area contributed by atoms with Crippen molar-refractivity contribution in [2.24, 2.45) is 5.92 Å². The number of carboxylic acid groups (broad SMARTS) is 1. The van der Waals surface area contributed by atoms with E-state index in [-0.39, 0.29) is 13.0 Å². The van der Waals surface area contributed by atoms with E-state index in [1.807, 2.05) is 0 Å². The van der Waals surface area contributed by atoms with Crippen molar-refractivity contribution >= 4 is 11.9 Å². The number of unbranched alkanes of at least 4 members (excludes halogenated alkanes) is 12. The summed E-state index contributed by atoms with van der Waals surface area (Å²) in [4.78, 5) is 22.8. The fourth-order valence-electron chi connectivity index (χ4n) is 3.36. The van der Waals surface area contributed by atoms with E-state index in [1.54, 1.807) is 0 Å². The summed E-state index contributed by atoms with van der Waals surface area (Å²) in [6, 6.07) is 0. The lowest BCUT2D eigenvalue weighted by Crippen LogP contribution is -2.19. The van der Waals surface area contributed by atoms with Gasteiger partial charge in [-0.1, -0.05) is 95.9 Å². The van der Waals surface area contributed by atoms with E-state index in [0.29, 0.717) is 6.42 Å². The predicted octanol–water partition coefficient (Wildman–Crippen LogP) is 7.23. The second-order valence-electron chi connectivity index (χ2n) is 7.94. The van der Waals surface area contributed by atoms with E-state index in [9.17, 15) is 14.7 Å². The molecule has 0 spiro atoms. The zero-order chi connectivity index (χ0) is 21.6. The number of allylic oxidation sites excluding steroid dienone is 2. The number of hydrogen-bond acceptors (Lipinski definition) is 3. The first kappa shape index (κ1) is 27.4. The summed E-state index contributed by atoms with van der Waals surface area (Å²) < 4.78 is 4.87. The molecule has 4 heteroatoms. The molecule has 0 aliphatic rings. The van der Waals surface area contributed by atoms with Crippen molar-refractivity contribution in [1.82, 2.24) is 0 Å². The molecule has 0 aromatic rings. The van der Waals surface area contributed by atoms with Gasteiger partial charge in [-0.3, -0.25) is 9.59 Å². The van der Waals surface area contributed by atoms with Crippen LogP contribution in [-0.2, 0) is 14.3 Å². The Morgan fingerprint density at radius 3 is 1.90 bits per heavy atom. The molecule has 0 radical (unpaired) electrons. The summed E-state index contributed by atoms with van der Waals surface area (Å²) >= 11 is 0. The second kappa shape index (κ2) is 21.1. The lowest BCUT2D eigenvalue weighted by molar-refractivity contribution is -0.151. The Hall–Kier alpha value is -1.58. The minimum absolute atomic E-state index is 0.0578. The predicted molar refractivity (Wildman–Crippen MR) is 121 cm³/mol. The molecule has 1 atom stereocenters. The average molecular weight is 409 g/mol. The molecule has 0 aromatic heterocycles. The molecular formula is C25H44O4. The van der Waals surface area contributed by atoms with Crippen molar-refractivity contribution in [3.63, 3.8) is 0 Å². The number of hydrogen-bond donors (Lipinski definition) is 1. The molecular weight excluding hydrogens is 364 g/mol. The van der Waals surface area contributed by atoms with Gasteiger partial charge >= 0.3 is 11.9 Å². The Balaban J connectivity index is 3.54. The van der Waals surface area contributed by atoms with Gasteiger partial charge in [0.15, 0.2) is 0 Å². The van der Waals surface area contributed by atoms with Crippen LogP contribution in [0.2, 0.25) is 0 Å². The van der Waals surface area contributed by atoms with Gasteiger partial charge < -0.3 is 9.84 Å². The lowest BCUT2D eigenvalue weighted by atomic mass is 9.98. The molecule has 0 fully saturated rings. The van der Waals surface area contributed by atoms with Gasteiger partial charge in [0.2, 0.25) is 0 Å². The van der Waals surface area contributed by atoms with Crippen LogP contribution in [-0.4, -0.2) is 23.7 Å². The first-order valence-corrected chi connectivity index (χ1v) is 11.8. The number of carbonyl (C=O) groups is 2. The molecule has 29 heavy (non-hydrogen) atoms. The van der Waals surface area contributed by atoms with Gasteiger partial charge in [0.1, 0.15) is 6.61 Å². The number of rotatable bonds is 21. The largest absolute Gasteiger partial charge is 0.481 e. The molecule has 0 aliphatic carbocycles. The summed E-state index contributed by atoms with van der Waals surface area (Å²) in [5.74, 6) is -2.03. The van der Waals surface area contributed by atoms with E-state index in [2.05, 4.69) is 25.7 Å². The Morgan fingerprint density at radius 1 is 0.862 bits per heavy atom. The quantitative estimate of drug-likeness (QED) is 0.124. The van der Waals surface area contributed by atoms with Crippen molar-refractivity contribution in [2.45, 2.75) is 110 Å². The van der Waals surface area contributed by atoms with Gasteiger partial charge in [0.05, 0.1) is 12.3 Å². The van der Waals surface area contributed by atoms with Gasteiger partial charge in [0, 0.05) is 0 Å². The van der Waals surface area contributed by atoms with Crippen molar-refractivity contribution in [3.8, 4) is 0 Å². The molecule has 0 saturated heterocycles. The number of carboxylic acids is 1. The van der Waals surface area contributed by atoms with Crippen LogP contribution in [0.3, 0.4) is 0 Å². The maximum absolute atomic E-state index is 11.5. The molecule has 0 aromatic carbocycles. The maximum Gasteiger partial charge on any atom is 0.307 e. The minimum atomic E-state index is -0.919. The molecule has 0 heterocycles. The second-order valence-corrected chi connectivity index (χ2v) is 7.94. The highest BCUT2D eigenvalue weighted by Crippen LogP contribution is 2.16. The van der Waals surface area contributed by atoms with E-state index in [0.717, 1.165) is 25.7 Å². The highest BCUT2D eigenvalue weighted by Gasteiger charge is 2.21. The van der Waals surface area contributed by atoms with E-state index >= 15 is 0 Å². The van der Waals surface area contributed by atoms with Gasteiger partial charge in [-0.2, -0.15) is 0 Å². The van der Waals surface area contributed by atoms with Crippen molar-refractivity contribution in [3.05, 3.63) is 24.8 Å². The molecule has 1 unspecified atom stereocenters. The van der Waals surface area contributed by atoms with E-state index in [4.69, 9.17) is 4.74 Å². The van der Waals surface area contributed by atoms with Crippen LogP contribution in [0.5, 0.6) is 0 Å². The lowest BCUT2D eigenvalue weighted by Gasteiger charge is -2.11. The first-order chi connectivity index (χ1) is 14.1. The number of aliphatic carboxylic acids is 1. The van der Waals surface area contributed by atoms with E-state index < -0.39 is 17.9 Å². The van der Waals surface area contributed by atoms with Gasteiger partial charge in [-0.25, -0.2) is 0 Å². The monoisotopic (exact) mass is 408 g/mol. The molecule has 0 aliphatic heterocycles. The van der Waals surface area contributed by atoms with Crippen LogP contribution >= 0.6 is 0 Å². The number of esters is 1. The summed E-state index contributed by atoms with van der Waals surface area (Å²) in [5.41, 5.74) is 0. The third kappa shape index (κ3) is 19.5. The Bertz CT molecular complexity index is 442. The van der Waals surface area contributed by atoms with Crippen LogP contribution in [0.1, 0.15) is 110 Å². The van der Waals surface area contributed by atoms with Crippen LogP contribution in [0.4, 0.5) is 0 Å². The number of ether oxygens (including phenoxy) is 1. The van der Waals surface area contributed by atoms with Crippen LogP contribution in [0.15, 0.2) is 24.8 Å². The van der Waals surface area contributed by atoms with Gasteiger partial charge in [-0.05, 0) is 32.1 Å². The molecule has 0 amide bonds. The molecule has 0 rings (SSSR count). The minimum Gasteiger partial charge on any atom is -0.481 e. The SMILES string of the molecule is C=CCOC(=O)CC(CCCC/C=C/CCCCCCCCCCCC)C(=O)O. The van der Waals surface area contributed by atoms with Gasteiger partial charge in [-0.15, -0.1) is 0 Å². The molecule has 168 valence electrons. The Kier molecular flexibility index (Phi) is 20.0. The maximum atomic E-state index is 11.5. The fraction of sp³-hybridized carbons (Fsp3) is 0.760. The van der Waals surface area contributed by atoms with E-state index in [1.165, 1.54) is 70.3 Å². The Labute approximate surface area is 178 Å². The zero-order valence-corrected chi connectivity index (χ0v) is 18.7. The Morgan fingerprint density at radius 2 is 1.38 bits per heavy atom. The highest BCUT2D eigenvalue weighted by molar-refractivity contribution is 5.78. The van der Waals surface area contributed by atoms with Gasteiger partial charge in [0.25, 0.3) is 0 Å². The third-order valence-corrected chi connectivity index (χ3v) is 5.19. The molecule has 4 nitrogen and oxygen atoms in total. The summed E-state index contributed by atoms with van der Waals surface area (Å²) in [6.45, 7) is 5.87. The van der Waals surface area contributed by atoms with Crippen molar-refractivity contribution < 1.29 is 19.4 Å². The average Bonchev–Trinajstić information content (AvgIpc) is 2.70. The zero-order valence-electron chi connectivity index (χ0n) is 18.7. The topological polar surface area (TPSA) is 63.6 Å². The molecule has 0 saturated carbocycles. The first-order valence-electron chi connectivity index (χ1n) is 11.8.